The number of hydrogen-bond donors (Lipinski definition) is 3. The van der Waals surface area contributed by atoms with E-state index in [2.05, 4.69) is 22.2 Å². The zero-order valence-corrected chi connectivity index (χ0v) is 55.5. The van der Waals surface area contributed by atoms with Crippen molar-refractivity contribution < 1.29 is 52.6 Å². The second kappa shape index (κ2) is 27.9. The Morgan fingerprint density at radius 2 is 1.35 bits per heavy atom. The van der Waals surface area contributed by atoms with Gasteiger partial charge in [0.05, 0.1) is 35.8 Å². The normalized spacial score (nSPS) is 18.8. The van der Waals surface area contributed by atoms with E-state index in [0.717, 1.165) is 44.5 Å². The van der Waals surface area contributed by atoms with Crippen molar-refractivity contribution in [2.45, 2.75) is 96.9 Å². The smallest absolute Gasteiger partial charge is 0.308 e. The molecule has 9 aromatic rings. The molecule has 7 aromatic heterocycles. The number of Topliss-reactive ketones (excluding diaryl/α,β-unsaturated/α-hetero) is 1. The number of imide groups is 1. The first-order valence-electron chi connectivity index (χ1n) is 29.0. The molecule has 29 heteroatoms. The number of fused-ring (bicyclic) bond motifs is 16. The minimum absolute atomic E-state index is 0.0134. The topological polar surface area (TPSA) is 319 Å². The second-order valence-corrected chi connectivity index (χ2v) is 27.7. The molecule has 7 atom stereocenters. The molecular weight excluding hydrogens is 1310 g/mol. The lowest BCUT2D eigenvalue weighted by Crippen LogP contribution is -2.50. The van der Waals surface area contributed by atoms with Crippen molar-refractivity contribution in [2.75, 3.05) is 13.1 Å². The van der Waals surface area contributed by atoms with Gasteiger partial charge in [0.2, 0.25) is 17.7 Å². The summed E-state index contributed by atoms with van der Waals surface area (Å²) in [7, 11) is 0. The molecule has 0 saturated carbocycles. The molecule has 2 aliphatic heterocycles. The molecule has 93 heavy (non-hydrogen) atoms. The highest BCUT2D eigenvalue weighted by atomic mass is 32.1. The molecular formula is C64H58N12O11S6. The largest absolute Gasteiger partial charge is 0.460 e. The number of esters is 2. The zero-order valence-electron chi connectivity index (χ0n) is 50.6. The maximum Gasteiger partial charge on any atom is 0.308 e. The number of carbonyl (C=O) groups is 9. The Labute approximate surface area is 556 Å². The summed E-state index contributed by atoms with van der Waals surface area (Å²) in [5.41, 5.74) is 9.33. The number of aryl methyl sites for hydroxylation is 1. The number of hydrogen-bond acceptors (Lipinski definition) is 24. The number of primary amides is 1. The first-order chi connectivity index (χ1) is 44.6. The highest BCUT2D eigenvalue weighted by Crippen LogP contribution is 2.44. The first kappa shape index (κ1) is 65.2. The van der Waals surface area contributed by atoms with E-state index in [1.165, 1.54) is 66.2 Å². The number of nitrogens with two attached hydrogens (primary N) is 1. The molecule has 2 aliphatic rings. The molecule has 9 heterocycles. The van der Waals surface area contributed by atoms with Crippen molar-refractivity contribution in [2.24, 2.45) is 11.7 Å². The number of aromatic nitrogens is 7. The molecule has 1 saturated heterocycles. The predicted molar refractivity (Wildman–Crippen MR) is 352 cm³/mol. The van der Waals surface area contributed by atoms with Crippen LogP contribution in [0.5, 0.6) is 5.75 Å². The van der Waals surface area contributed by atoms with E-state index in [0.29, 0.717) is 63.8 Å². The summed E-state index contributed by atoms with van der Waals surface area (Å²) < 4.78 is 11.2. The number of nitrogens with one attached hydrogen (secondary N) is 2. The van der Waals surface area contributed by atoms with Crippen molar-refractivity contribution in [3.05, 3.63) is 160 Å². The molecule has 476 valence electrons. The van der Waals surface area contributed by atoms with Crippen molar-refractivity contribution in [1.29, 1.82) is 0 Å². The summed E-state index contributed by atoms with van der Waals surface area (Å²) in [5, 5.41) is 16.5. The third-order valence-electron chi connectivity index (χ3n) is 15.6. The average molecular weight is 1360 g/mol. The van der Waals surface area contributed by atoms with Crippen LogP contribution >= 0.6 is 68.0 Å². The van der Waals surface area contributed by atoms with Gasteiger partial charge in [-0.05, 0) is 48.2 Å². The van der Waals surface area contributed by atoms with Crippen LogP contribution in [0.15, 0.2) is 106 Å². The quantitative estimate of drug-likeness (QED) is 0.0581. The fourth-order valence-corrected chi connectivity index (χ4v) is 16.4. The number of ether oxygens (including phenoxy) is 2. The Bertz CT molecular complexity index is 4400. The number of rotatable bonds is 12. The van der Waals surface area contributed by atoms with Gasteiger partial charge in [0.25, 0.3) is 17.7 Å². The number of thiazole rings is 6. The molecule has 10 bridgehead atoms. The summed E-state index contributed by atoms with van der Waals surface area (Å²) >= 11 is 7.11. The number of amides is 6. The van der Waals surface area contributed by atoms with Gasteiger partial charge in [0.15, 0.2) is 5.78 Å². The van der Waals surface area contributed by atoms with Gasteiger partial charge in [0.1, 0.15) is 82.8 Å². The molecule has 0 radical (unpaired) electrons. The molecule has 0 unspecified atom stereocenters. The fourth-order valence-electron chi connectivity index (χ4n) is 11.0. The molecule has 2 aromatic carbocycles. The standard InChI is InChI=1S/C64H58N12O11S6/c1-8-20-75(33(5)77)64(85)48-29-91-59(73-48)41-19-18-39-53(66-41)44-25-90-60(69-44)47-28-92-62(72-47)54-31(3)50(87-35(7)79)24-76(54)63(84)43(21-36-14-16-38(17-15-36)86-34(6)78)68-56(83)46-27-89-58(71-46)40(30(2)37-12-10-9-11-13-37)22-49(80)52-32(4)93-61(74-52)42(23-51(65)81)67-55(82)45-26-88-57(39)70-45/h8-19,25-31,40,42-43,50,54H,1,20-24H2,2-7H3,(H2,65,81)(H,67,82)(H,68,83)/t30-,31+,40+,42+,43+,50+,54+/m1/s1. The van der Waals surface area contributed by atoms with E-state index in [9.17, 15) is 38.4 Å². The SMILES string of the molecule is C=CCN(C(C)=O)C(=O)c1csc(-c2ccc3c(n2)-c2csc(n2)-c2csc(n2)[C@@H]2[C@@H](C)[C@@H](OC(C)=O)CN2C(=O)[C@H](Cc2ccc(OC(C)=O)cc2)NC(=O)c2csc(n2)[C@H]([C@H](C)c2ccccc2)CC(=O)c2nc(sc2C)[C@H](CC(N)=O)NC(=O)c2csc-3n2)n1. The Morgan fingerprint density at radius 3 is 2.06 bits per heavy atom. The summed E-state index contributed by atoms with van der Waals surface area (Å²) in [6.07, 6.45) is 0.127. The Hall–Kier alpha value is -9.26. The number of benzene rings is 2. The van der Waals surface area contributed by atoms with Crippen LogP contribution in [-0.4, -0.2) is 123 Å². The van der Waals surface area contributed by atoms with Crippen LogP contribution < -0.4 is 21.1 Å². The van der Waals surface area contributed by atoms with Gasteiger partial charge in [-0.25, -0.2) is 34.9 Å². The van der Waals surface area contributed by atoms with Crippen LogP contribution in [0.25, 0.3) is 43.4 Å². The van der Waals surface area contributed by atoms with Crippen molar-refractivity contribution in [3.8, 4) is 49.1 Å². The molecule has 0 aliphatic carbocycles. The highest BCUT2D eigenvalue weighted by molar-refractivity contribution is 7.15. The van der Waals surface area contributed by atoms with Gasteiger partial charge in [-0.1, -0.05) is 62.4 Å². The maximum atomic E-state index is 15.6. The van der Waals surface area contributed by atoms with Gasteiger partial charge >= 0.3 is 11.9 Å². The summed E-state index contributed by atoms with van der Waals surface area (Å²) in [6, 6.07) is 16.4. The van der Waals surface area contributed by atoms with E-state index >= 15 is 4.79 Å². The third kappa shape index (κ3) is 14.4. The number of nitrogens with zero attached hydrogens (tertiary/aromatic N) is 9. The zero-order chi connectivity index (χ0) is 65.9. The lowest BCUT2D eigenvalue weighted by Gasteiger charge is -2.29. The summed E-state index contributed by atoms with van der Waals surface area (Å²) in [6.45, 7) is 13.0. The van der Waals surface area contributed by atoms with Gasteiger partial charge in [0, 0.05) is 89.3 Å². The van der Waals surface area contributed by atoms with Crippen LogP contribution in [0, 0.1) is 12.8 Å². The Kier molecular flexibility index (Phi) is 19.6. The Morgan fingerprint density at radius 1 is 0.710 bits per heavy atom. The van der Waals surface area contributed by atoms with Crippen LogP contribution in [0.3, 0.4) is 0 Å². The van der Waals surface area contributed by atoms with Gasteiger partial charge in [-0.2, -0.15) is 0 Å². The molecule has 4 N–H and O–H groups in total. The Balaban J connectivity index is 1.03. The van der Waals surface area contributed by atoms with Crippen molar-refractivity contribution in [3.63, 3.8) is 0 Å². The maximum absolute atomic E-state index is 15.6. The number of carbonyl (C=O) groups excluding carboxylic acids is 9. The monoisotopic (exact) mass is 1360 g/mol. The highest BCUT2D eigenvalue weighted by Gasteiger charge is 2.47. The molecule has 0 spiro atoms. The van der Waals surface area contributed by atoms with Crippen LogP contribution in [-0.2, 0) is 35.1 Å². The van der Waals surface area contributed by atoms with Gasteiger partial charge < -0.3 is 30.7 Å². The van der Waals surface area contributed by atoms with E-state index < -0.39 is 83.4 Å². The lowest BCUT2D eigenvalue weighted by atomic mass is 9.84. The number of pyridine rings is 1. The van der Waals surface area contributed by atoms with Crippen molar-refractivity contribution in [1.82, 2.24) is 55.3 Å². The molecule has 6 amide bonds. The van der Waals surface area contributed by atoms with E-state index in [1.807, 2.05) is 44.2 Å². The van der Waals surface area contributed by atoms with Crippen LogP contribution in [0.4, 0.5) is 0 Å². The van der Waals surface area contributed by atoms with E-state index in [4.69, 9.17) is 45.1 Å². The number of ketones is 1. The third-order valence-corrected chi connectivity index (χ3v) is 21.2. The molecule has 11 rings (SSSR count). The van der Waals surface area contributed by atoms with E-state index in [-0.39, 0.29) is 77.6 Å². The van der Waals surface area contributed by atoms with Gasteiger partial charge in [-0.3, -0.25) is 48.1 Å². The average Bonchev–Trinajstić information content (AvgIpc) is 1.64. The molecule has 23 nitrogen and oxygen atoms in total. The first-order valence-corrected chi connectivity index (χ1v) is 34.3. The summed E-state index contributed by atoms with van der Waals surface area (Å²) in [4.78, 5) is 160. The second-order valence-electron chi connectivity index (χ2n) is 22.1. The minimum atomic E-state index is -1.26. The minimum Gasteiger partial charge on any atom is -0.460 e. The van der Waals surface area contributed by atoms with Crippen molar-refractivity contribution >= 4 is 121 Å². The summed E-state index contributed by atoms with van der Waals surface area (Å²) in [5.74, 6) is -6.34. The van der Waals surface area contributed by atoms with Crippen LogP contribution in [0.1, 0.15) is 144 Å². The van der Waals surface area contributed by atoms with Crippen LogP contribution in [0.2, 0.25) is 0 Å². The van der Waals surface area contributed by atoms with Gasteiger partial charge in [-0.15, -0.1) is 74.6 Å². The van der Waals surface area contributed by atoms with E-state index in [1.54, 1.807) is 69.7 Å². The lowest BCUT2D eigenvalue weighted by molar-refractivity contribution is -0.148. The predicted octanol–water partition coefficient (Wildman–Crippen LogP) is 10.2. The molecule has 1 fully saturated rings. The fraction of sp³-hybridized carbons (Fsp3) is 0.281.